The van der Waals surface area contributed by atoms with Gasteiger partial charge >= 0.3 is 0 Å². The summed E-state index contributed by atoms with van der Waals surface area (Å²) in [6.45, 7) is 1.19. The second-order valence-electron chi connectivity index (χ2n) is 5.79. The summed E-state index contributed by atoms with van der Waals surface area (Å²) in [5, 5.41) is 1.87. The molecule has 2 heterocycles. The maximum Gasteiger partial charge on any atom is 0.271 e. The van der Waals surface area contributed by atoms with Crippen LogP contribution in [0, 0.1) is 0 Å². The summed E-state index contributed by atoms with van der Waals surface area (Å²) in [6.07, 6.45) is 2.93. The van der Waals surface area contributed by atoms with Crippen LogP contribution in [0.3, 0.4) is 0 Å². The number of thiophene rings is 1. The van der Waals surface area contributed by atoms with Crippen molar-refractivity contribution in [2.45, 2.75) is 36.0 Å². The van der Waals surface area contributed by atoms with Crippen LogP contribution in [0.4, 0.5) is 5.69 Å². The minimum absolute atomic E-state index is 0.427. The van der Waals surface area contributed by atoms with E-state index in [0.29, 0.717) is 29.0 Å². The van der Waals surface area contributed by atoms with Crippen molar-refractivity contribution in [1.29, 1.82) is 0 Å². The molecule has 0 unspecified atom stereocenters. The molecule has 4 nitrogen and oxygen atoms in total. The molecule has 1 N–H and O–H groups in total. The van der Waals surface area contributed by atoms with Crippen LogP contribution < -0.4 is 4.72 Å². The van der Waals surface area contributed by atoms with Crippen LogP contribution >= 0.6 is 11.3 Å². The molecular formula is C16H17NO3S2. The van der Waals surface area contributed by atoms with Gasteiger partial charge in [-0.15, -0.1) is 11.3 Å². The van der Waals surface area contributed by atoms with Crippen LogP contribution in [-0.4, -0.2) is 15.0 Å². The minimum atomic E-state index is -3.51. The Labute approximate surface area is 134 Å². The highest BCUT2D eigenvalue weighted by Gasteiger charge is 2.32. The summed E-state index contributed by atoms with van der Waals surface area (Å²) in [5.74, 6) is 0.427. The van der Waals surface area contributed by atoms with E-state index in [2.05, 4.69) is 4.72 Å². The molecule has 22 heavy (non-hydrogen) atoms. The zero-order valence-electron chi connectivity index (χ0n) is 12.0. The lowest BCUT2D eigenvalue weighted by atomic mass is 10.0. The summed E-state index contributed by atoms with van der Waals surface area (Å²) in [6, 6.07) is 7.66. The Morgan fingerprint density at radius 3 is 2.91 bits per heavy atom. The smallest absolute Gasteiger partial charge is 0.271 e. The van der Waals surface area contributed by atoms with E-state index in [1.807, 2.05) is 29.6 Å². The number of ether oxygens (including phenoxy) is 1. The summed E-state index contributed by atoms with van der Waals surface area (Å²) < 4.78 is 34.2. The van der Waals surface area contributed by atoms with Crippen molar-refractivity contribution in [2.75, 3.05) is 11.3 Å². The highest BCUT2D eigenvalue weighted by Crippen LogP contribution is 2.45. The predicted molar refractivity (Wildman–Crippen MR) is 86.9 cm³/mol. The molecule has 0 radical (unpaired) electrons. The first-order chi connectivity index (χ1) is 10.6. The SMILES string of the molecule is O=S(=O)(Nc1cccc2c1CCOC2)c1sccc1C1CC1. The van der Waals surface area contributed by atoms with Gasteiger partial charge in [0.2, 0.25) is 0 Å². The molecule has 0 saturated heterocycles. The third-order valence-electron chi connectivity index (χ3n) is 4.19. The van der Waals surface area contributed by atoms with Gasteiger partial charge in [0.1, 0.15) is 4.21 Å². The lowest BCUT2D eigenvalue weighted by Gasteiger charge is -2.20. The normalized spacial score (nSPS) is 18.0. The van der Waals surface area contributed by atoms with E-state index in [0.717, 1.165) is 36.0 Å². The predicted octanol–water partition coefficient (Wildman–Crippen LogP) is 3.50. The molecule has 2 aromatic rings. The Morgan fingerprint density at radius 1 is 1.23 bits per heavy atom. The number of nitrogens with one attached hydrogen (secondary N) is 1. The summed E-state index contributed by atoms with van der Waals surface area (Å²) in [4.78, 5) is 0. The van der Waals surface area contributed by atoms with Crippen LogP contribution in [0.5, 0.6) is 0 Å². The molecule has 1 fully saturated rings. The van der Waals surface area contributed by atoms with Gasteiger partial charge in [-0.1, -0.05) is 12.1 Å². The Balaban J connectivity index is 1.69. The fraction of sp³-hybridized carbons (Fsp3) is 0.375. The van der Waals surface area contributed by atoms with Gasteiger partial charge in [-0.05, 0) is 59.4 Å². The van der Waals surface area contributed by atoms with Crippen molar-refractivity contribution in [1.82, 2.24) is 0 Å². The largest absolute Gasteiger partial charge is 0.376 e. The molecule has 1 saturated carbocycles. The van der Waals surface area contributed by atoms with Crippen LogP contribution in [0.1, 0.15) is 35.4 Å². The van der Waals surface area contributed by atoms with Crippen molar-refractivity contribution in [3.05, 3.63) is 46.3 Å². The molecule has 6 heteroatoms. The topological polar surface area (TPSA) is 55.4 Å². The Kier molecular flexibility index (Phi) is 3.47. The molecule has 0 bridgehead atoms. The maximum absolute atomic E-state index is 12.8. The molecule has 1 aliphatic heterocycles. The molecule has 0 spiro atoms. The number of benzene rings is 1. The second kappa shape index (κ2) is 5.37. The number of anilines is 1. The maximum atomic E-state index is 12.8. The first-order valence-electron chi connectivity index (χ1n) is 7.44. The van der Waals surface area contributed by atoms with Crippen molar-refractivity contribution < 1.29 is 13.2 Å². The first-order valence-corrected chi connectivity index (χ1v) is 9.80. The van der Waals surface area contributed by atoms with E-state index in [1.54, 1.807) is 0 Å². The van der Waals surface area contributed by atoms with E-state index in [9.17, 15) is 8.42 Å². The molecule has 1 aliphatic carbocycles. The summed E-state index contributed by atoms with van der Waals surface area (Å²) >= 11 is 1.31. The highest BCUT2D eigenvalue weighted by molar-refractivity contribution is 7.94. The Hall–Kier alpha value is -1.37. The Bertz CT molecular complexity index is 807. The number of fused-ring (bicyclic) bond motifs is 1. The lowest BCUT2D eigenvalue weighted by molar-refractivity contribution is 0.111. The number of rotatable bonds is 4. The third-order valence-corrected chi connectivity index (χ3v) is 7.07. The first kappa shape index (κ1) is 14.2. The van der Waals surface area contributed by atoms with E-state index in [1.165, 1.54) is 11.3 Å². The molecule has 4 rings (SSSR count). The quantitative estimate of drug-likeness (QED) is 0.930. The van der Waals surface area contributed by atoms with Crippen LogP contribution in [0.15, 0.2) is 33.9 Å². The van der Waals surface area contributed by atoms with Gasteiger partial charge in [-0.3, -0.25) is 4.72 Å². The second-order valence-corrected chi connectivity index (χ2v) is 8.58. The highest BCUT2D eigenvalue weighted by atomic mass is 32.2. The standard InChI is InChI=1S/C16H17NO3S2/c18-22(19,16-14(7-9-21-16)11-4-5-11)17-15-3-1-2-12-10-20-8-6-13(12)15/h1-3,7,9,11,17H,4-6,8,10H2. The monoisotopic (exact) mass is 335 g/mol. The number of hydrogen-bond acceptors (Lipinski definition) is 4. The van der Waals surface area contributed by atoms with Crippen LogP contribution in [0.25, 0.3) is 0 Å². The van der Waals surface area contributed by atoms with Gasteiger partial charge in [0.05, 0.1) is 18.9 Å². The molecule has 1 aromatic heterocycles. The minimum Gasteiger partial charge on any atom is -0.376 e. The average molecular weight is 335 g/mol. The summed E-state index contributed by atoms with van der Waals surface area (Å²) in [5.41, 5.74) is 3.79. The van der Waals surface area contributed by atoms with Crippen molar-refractivity contribution in [3.8, 4) is 0 Å². The molecule has 0 amide bonds. The molecule has 0 atom stereocenters. The van der Waals surface area contributed by atoms with E-state index in [-0.39, 0.29) is 0 Å². The van der Waals surface area contributed by atoms with Crippen LogP contribution in [-0.2, 0) is 27.8 Å². The molecule has 1 aromatic carbocycles. The zero-order valence-corrected chi connectivity index (χ0v) is 13.7. The van der Waals surface area contributed by atoms with Crippen LogP contribution in [0.2, 0.25) is 0 Å². The van der Waals surface area contributed by atoms with Crippen molar-refractivity contribution in [3.63, 3.8) is 0 Å². The van der Waals surface area contributed by atoms with Crippen molar-refractivity contribution >= 4 is 27.0 Å². The third kappa shape index (κ3) is 2.55. The van der Waals surface area contributed by atoms with Gasteiger partial charge in [-0.25, -0.2) is 8.42 Å². The molecule has 2 aliphatic rings. The lowest BCUT2D eigenvalue weighted by Crippen LogP contribution is -2.17. The van der Waals surface area contributed by atoms with E-state index in [4.69, 9.17) is 4.74 Å². The number of hydrogen-bond donors (Lipinski definition) is 1. The average Bonchev–Trinajstić information content (AvgIpc) is 3.23. The fourth-order valence-corrected chi connectivity index (χ4v) is 5.55. The van der Waals surface area contributed by atoms with Gasteiger partial charge in [-0.2, -0.15) is 0 Å². The van der Waals surface area contributed by atoms with Gasteiger partial charge in [0.15, 0.2) is 0 Å². The molecular weight excluding hydrogens is 318 g/mol. The van der Waals surface area contributed by atoms with Crippen molar-refractivity contribution in [2.24, 2.45) is 0 Å². The van der Waals surface area contributed by atoms with E-state index >= 15 is 0 Å². The molecule has 116 valence electrons. The van der Waals surface area contributed by atoms with E-state index < -0.39 is 10.0 Å². The zero-order chi connectivity index (χ0) is 15.2. The summed E-state index contributed by atoms with van der Waals surface area (Å²) in [7, 11) is -3.51. The van der Waals surface area contributed by atoms with Gasteiger partial charge in [0, 0.05) is 0 Å². The number of sulfonamides is 1. The van der Waals surface area contributed by atoms with Gasteiger partial charge < -0.3 is 4.74 Å². The Morgan fingerprint density at radius 2 is 2.09 bits per heavy atom. The fourth-order valence-electron chi connectivity index (χ4n) is 2.93. The van der Waals surface area contributed by atoms with Gasteiger partial charge in [0.25, 0.3) is 10.0 Å².